The number of hydrogen-bond donors (Lipinski definition) is 0. The Morgan fingerprint density at radius 1 is 0.839 bits per heavy atom. The Balaban J connectivity index is 2.07. The van der Waals surface area contributed by atoms with Crippen molar-refractivity contribution in [2.75, 3.05) is 28.4 Å². The molecule has 0 spiro atoms. The van der Waals surface area contributed by atoms with E-state index in [1.807, 2.05) is 0 Å². The lowest BCUT2D eigenvalue weighted by molar-refractivity contribution is 0.0927. The Kier molecular flexibility index (Phi) is 6.96. The average molecular weight is 445 g/mol. The highest BCUT2D eigenvalue weighted by molar-refractivity contribution is 7.67. The molecule has 0 aliphatic heterocycles. The molecule has 0 amide bonds. The fourth-order valence-electron chi connectivity index (χ4n) is 4.08. The number of carbonyl (C=O) groups is 2. The van der Waals surface area contributed by atoms with E-state index in [-0.39, 0.29) is 28.4 Å². The number of ether oxygens (including phenoxy) is 4. The molecule has 0 aromatic heterocycles. The SMILES string of the molecule is COc1ccc(C(=O)C2([P](=O)C(=O)c3c(OC)cccc3OC)CCCC2)c(OC)c1. The minimum Gasteiger partial charge on any atom is -0.497 e. The van der Waals surface area contributed by atoms with Crippen LogP contribution in [0.15, 0.2) is 36.4 Å². The predicted molar refractivity (Wildman–Crippen MR) is 117 cm³/mol. The van der Waals surface area contributed by atoms with E-state index in [0.717, 1.165) is 0 Å². The zero-order valence-corrected chi connectivity index (χ0v) is 19.0. The number of methoxy groups -OCH3 is 4. The van der Waals surface area contributed by atoms with Crippen LogP contribution in [0.25, 0.3) is 0 Å². The van der Waals surface area contributed by atoms with Crippen molar-refractivity contribution in [3.63, 3.8) is 0 Å². The van der Waals surface area contributed by atoms with Gasteiger partial charge in [-0.1, -0.05) is 18.9 Å². The molecule has 1 radical (unpaired) electrons. The van der Waals surface area contributed by atoms with Crippen LogP contribution in [-0.2, 0) is 4.57 Å². The van der Waals surface area contributed by atoms with Crippen LogP contribution in [-0.4, -0.2) is 44.9 Å². The molecule has 1 aliphatic rings. The van der Waals surface area contributed by atoms with Gasteiger partial charge in [0.2, 0.25) is 5.52 Å². The molecular formula is C23H26O7P. The summed E-state index contributed by atoms with van der Waals surface area (Å²) in [7, 11) is 3.21. The van der Waals surface area contributed by atoms with E-state index >= 15 is 0 Å². The molecule has 8 heteroatoms. The molecule has 0 heterocycles. The predicted octanol–water partition coefficient (Wildman–Crippen LogP) is 4.88. The van der Waals surface area contributed by atoms with E-state index in [1.54, 1.807) is 36.4 Å². The molecule has 1 saturated carbocycles. The topological polar surface area (TPSA) is 88.1 Å². The highest BCUT2D eigenvalue weighted by Gasteiger charge is 2.51. The molecule has 2 aromatic carbocycles. The zero-order valence-electron chi connectivity index (χ0n) is 18.1. The maximum Gasteiger partial charge on any atom is 0.250 e. The van der Waals surface area contributed by atoms with Crippen LogP contribution in [0.1, 0.15) is 46.4 Å². The molecule has 1 aliphatic carbocycles. The quantitative estimate of drug-likeness (QED) is 0.401. The Labute approximate surface area is 182 Å². The molecule has 2 aromatic rings. The summed E-state index contributed by atoms with van der Waals surface area (Å²) in [6.07, 6.45) is 2.14. The summed E-state index contributed by atoms with van der Waals surface area (Å²) in [5.41, 5.74) is -0.269. The van der Waals surface area contributed by atoms with Gasteiger partial charge in [-0.2, -0.15) is 0 Å². The minimum atomic E-state index is -2.62. The van der Waals surface area contributed by atoms with E-state index in [0.29, 0.717) is 37.2 Å². The number of ketones is 1. The first-order valence-electron chi connectivity index (χ1n) is 9.93. The molecule has 0 saturated heterocycles. The van der Waals surface area contributed by atoms with Crippen LogP contribution < -0.4 is 18.9 Å². The van der Waals surface area contributed by atoms with Crippen molar-refractivity contribution in [1.29, 1.82) is 0 Å². The summed E-state index contributed by atoms with van der Waals surface area (Å²) in [4.78, 5) is 27.2. The van der Waals surface area contributed by atoms with Gasteiger partial charge >= 0.3 is 0 Å². The highest BCUT2D eigenvalue weighted by atomic mass is 31.1. The first-order valence-corrected chi connectivity index (χ1v) is 11.2. The second-order valence-electron chi connectivity index (χ2n) is 7.27. The first-order chi connectivity index (χ1) is 14.9. The number of rotatable bonds is 9. The lowest BCUT2D eigenvalue weighted by Gasteiger charge is -2.26. The summed E-state index contributed by atoms with van der Waals surface area (Å²) in [5, 5.41) is -1.31. The van der Waals surface area contributed by atoms with Crippen molar-refractivity contribution in [2.24, 2.45) is 0 Å². The Bertz CT molecular complexity index is 987. The Hall–Kier alpha value is -2.92. The van der Waals surface area contributed by atoms with Crippen molar-refractivity contribution in [1.82, 2.24) is 0 Å². The largest absolute Gasteiger partial charge is 0.497 e. The van der Waals surface area contributed by atoms with E-state index in [4.69, 9.17) is 18.9 Å². The number of Topliss-reactive ketones (excluding diaryl/α,β-unsaturated/α-hetero) is 1. The van der Waals surface area contributed by atoms with Crippen LogP contribution >= 0.6 is 7.80 Å². The maximum absolute atomic E-state index is 13.7. The van der Waals surface area contributed by atoms with Crippen LogP contribution in [0.3, 0.4) is 0 Å². The molecule has 0 N–H and O–H groups in total. The van der Waals surface area contributed by atoms with E-state index in [1.165, 1.54) is 28.4 Å². The summed E-state index contributed by atoms with van der Waals surface area (Å²) < 4.78 is 35.0. The molecule has 1 atom stereocenters. The molecule has 1 fully saturated rings. The average Bonchev–Trinajstić information content (AvgIpc) is 3.32. The van der Waals surface area contributed by atoms with Crippen LogP contribution in [0.2, 0.25) is 0 Å². The van der Waals surface area contributed by atoms with E-state index in [9.17, 15) is 14.2 Å². The standard InChI is InChI=1S/C23H26O7P/c1-27-15-10-11-16(19(14-15)30-4)21(24)23(12-5-6-13-23)31(26)22(25)20-17(28-2)8-7-9-18(20)29-3/h7-11,14H,5-6,12-13H2,1-4H3. The summed E-state index contributed by atoms with van der Waals surface area (Å²) in [5.74, 6) is 1.02. The molecule has 1 unspecified atom stereocenters. The van der Waals surface area contributed by atoms with Crippen molar-refractivity contribution < 1.29 is 33.1 Å². The van der Waals surface area contributed by atoms with Gasteiger partial charge in [0, 0.05) is 6.07 Å². The minimum absolute atomic E-state index is 0.0920. The molecule has 7 nitrogen and oxygen atoms in total. The Morgan fingerprint density at radius 2 is 1.42 bits per heavy atom. The van der Waals surface area contributed by atoms with Crippen molar-refractivity contribution in [3.8, 4) is 23.0 Å². The van der Waals surface area contributed by atoms with Gasteiger partial charge in [0.1, 0.15) is 33.7 Å². The second-order valence-corrected chi connectivity index (χ2v) is 9.12. The van der Waals surface area contributed by atoms with Gasteiger partial charge in [-0.05, 0) is 37.1 Å². The van der Waals surface area contributed by atoms with E-state index in [2.05, 4.69) is 0 Å². The lowest BCUT2D eigenvalue weighted by Crippen LogP contribution is -2.34. The fourth-order valence-corrected chi connectivity index (χ4v) is 5.92. The van der Waals surface area contributed by atoms with Gasteiger partial charge in [-0.15, -0.1) is 0 Å². The van der Waals surface area contributed by atoms with Crippen molar-refractivity contribution >= 4 is 19.1 Å². The number of hydrogen-bond acceptors (Lipinski definition) is 7. The second kappa shape index (κ2) is 9.48. The van der Waals surface area contributed by atoms with Crippen molar-refractivity contribution in [3.05, 3.63) is 47.5 Å². The molecular weight excluding hydrogens is 419 g/mol. The van der Waals surface area contributed by atoms with Gasteiger partial charge in [0.05, 0.1) is 34.0 Å². The summed E-state index contributed by atoms with van der Waals surface area (Å²) in [6, 6.07) is 9.74. The van der Waals surface area contributed by atoms with Crippen LogP contribution in [0, 0.1) is 0 Å². The third-order valence-electron chi connectivity index (χ3n) is 5.72. The van der Waals surface area contributed by atoms with Crippen LogP contribution in [0.4, 0.5) is 0 Å². The van der Waals surface area contributed by atoms with Crippen LogP contribution in [0.5, 0.6) is 23.0 Å². The van der Waals surface area contributed by atoms with Gasteiger partial charge in [0.25, 0.3) is 0 Å². The molecule has 31 heavy (non-hydrogen) atoms. The monoisotopic (exact) mass is 445 g/mol. The molecule has 3 rings (SSSR count). The molecule has 0 bridgehead atoms. The van der Waals surface area contributed by atoms with E-state index < -0.39 is 18.5 Å². The smallest absolute Gasteiger partial charge is 0.250 e. The normalized spacial score (nSPS) is 15.2. The maximum atomic E-state index is 13.7. The Morgan fingerprint density at radius 3 is 1.94 bits per heavy atom. The third kappa shape index (κ3) is 4.02. The summed E-state index contributed by atoms with van der Waals surface area (Å²) >= 11 is 0. The summed E-state index contributed by atoms with van der Waals surface area (Å²) in [6.45, 7) is 0. The number of benzene rings is 2. The molecule has 165 valence electrons. The fraction of sp³-hybridized carbons (Fsp3) is 0.391. The highest BCUT2D eigenvalue weighted by Crippen LogP contribution is 2.55. The number of carbonyl (C=O) groups excluding carboxylic acids is 2. The van der Waals surface area contributed by atoms with Gasteiger partial charge in [-0.3, -0.25) is 14.2 Å². The van der Waals surface area contributed by atoms with Crippen molar-refractivity contribution in [2.45, 2.75) is 30.8 Å². The van der Waals surface area contributed by atoms with Gasteiger partial charge in [0.15, 0.2) is 13.6 Å². The van der Waals surface area contributed by atoms with Gasteiger partial charge < -0.3 is 18.9 Å². The lowest BCUT2D eigenvalue weighted by atomic mass is 9.94. The first kappa shape index (κ1) is 22.8. The zero-order chi connectivity index (χ0) is 22.6. The third-order valence-corrected chi connectivity index (χ3v) is 7.74. The van der Waals surface area contributed by atoms with Gasteiger partial charge in [-0.25, -0.2) is 0 Å².